The van der Waals surface area contributed by atoms with E-state index in [1.165, 1.54) is 11.0 Å². The van der Waals surface area contributed by atoms with Crippen LogP contribution in [0.4, 0.5) is 18.9 Å². The van der Waals surface area contributed by atoms with E-state index in [4.69, 9.17) is 16.3 Å². The monoisotopic (exact) mass is 603 g/mol. The number of likely N-dealkylation sites (N-methyl/N-ethyl adjacent to an activating group) is 1. The zero-order chi connectivity index (χ0) is 30.4. The highest BCUT2D eigenvalue weighted by Gasteiger charge is 2.38. The summed E-state index contributed by atoms with van der Waals surface area (Å²) in [6.45, 7) is 5.87. The zero-order valence-corrected chi connectivity index (χ0v) is 24.4. The number of aromatic nitrogens is 1. The van der Waals surface area contributed by atoms with Crippen molar-refractivity contribution in [2.75, 3.05) is 51.3 Å². The largest absolute Gasteiger partial charge is 0.478 e. The summed E-state index contributed by atoms with van der Waals surface area (Å²) >= 11 is 5.81. The van der Waals surface area contributed by atoms with Crippen molar-refractivity contribution in [3.8, 4) is 17.0 Å². The number of piperazine rings is 1. The van der Waals surface area contributed by atoms with Crippen LogP contribution >= 0.6 is 11.6 Å². The highest BCUT2D eigenvalue weighted by Crippen LogP contribution is 2.36. The highest BCUT2D eigenvalue weighted by atomic mass is 35.5. The first-order valence-electron chi connectivity index (χ1n) is 13.6. The quantitative estimate of drug-likeness (QED) is 0.330. The molecule has 0 spiro atoms. The second-order valence-corrected chi connectivity index (χ2v) is 10.3. The van der Waals surface area contributed by atoms with Gasteiger partial charge in [0.15, 0.2) is 0 Å². The molecule has 0 saturated carbocycles. The second kappa shape index (κ2) is 13.4. The Kier molecular flexibility index (Phi) is 9.95. The summed E-state index contributed by atoms with van der Waals surface area (Å²) in [4.78, 5) is 34.4. The molecule has 12 heteroatoms. The number of carbonyl (C=O) groups excluding carboxylic acids is 2. The molecule has 1 aromatic heterocycles. The fourth-order valence-corrected chi connectivity index (χ4v) is 5.16. The van der Waals surface area contributed by atoms with Crippen LogP contribution in [0, 0.1) is 0 Å². The third kappa shape index (κ3) is 6.96. The summed E-state index contributed by atoms with van der Waals surface area (Å²) in [5, 5.41) is 5.83. The standard InChI is InChI=1S/C30H33ClF3N5O3/c1-4-42-28-22(6-5-11-37-28)20-7-10-26(24(16-20)27(40)36-13-12-35-3)38-14-15-39(19(2)18-38)29(41)23-9-8-21(31)17-25(23)30(32,33)34/h5-11,16-17,19,35H,4,12-15,18H2,1-3H3,(H,36,40)/t19-/m1/s1. The molecule has 2 amide bonds. The first-order valence-corrected chi connectivity index (χ1v) is 14.0. The summed E-state index contributed by atoms with van der Waals surface area (Å²) in [6.07, 6.45) is -3.09. The van der Waals surface area contributed by atoms with E-state index in [9.17, 15) is 22.8 Å². The number of nitrogens with one attached hydrogen (secondary N) is 2. The highest BCUT2D eigenvalue weighted by molar-refractivity contribution is 6.30. The van der Waals surface area contributed by atoms with E-state index in [2.05, 4.69) is 15.6 Å². The summed E-state index contributed by atoms with van der Waals surface area (Å²) in [6, 6.07) is 11.9. The van der Waals surface area contributed by atoms with Gasteiger partial charge in [0.1, 0.15) is 0 Å². The fraction of sp³-hybridized carbons (Fsp3) is 0.367. The van der Waals surface area contributed by atoms with Crippen molar-refractivity contribution in [3.63, 3.8) is 0 Å². The van der Waals surface area contributed by atoms with Gasteiger partial charge in [-0.1, -0.05) is 17.7 Å². The topological polar surface area (TPSA) is 86.8 Å². The molecule has 8 nitrogen and oxygen atoms in total. The first-order chi connectivity index (χ1) is 20.0. The third-order valence-electron chi connectivity index (χ3n) is 7.01. The zero-order valence-electron chi connectivity index (χ0n) is 23.6. The predicted molar refractivity (Wildman–Crippen MR) is 156 cm³/mol. The van der Waals surface area contributed by atoms with Crippen LogP contribution in [0.25, 0.3) is 11.1 Å². The van der Waals surface area contributed by atoms with Crippen molar-refractivity contribution < 1.29 is 27.5 Å². The summed E-state index contributed by atoms with van der Waals surface area (Å²) in [7, 11) is 1.79. The molecular weight excluding hydrogens is 571 g/mol. The third-order valence-corrected chi connectivity index (χ3v) is 7.25. The minimum atomic E-state index is -4.73. The van der Waals surface area contributed by atoms with Crippen LogP contribution in [0.2, 0.25) is 5.02 Å². The Hall–Kier alpha value is -3.83. The number of pyridine rings is 1. The van der Waals surface area contributed by atoms with Gasteiger partial charge in [0, 0.05) is 61.2 Å². The lowest BCUT2D eigenvalue weighted by Gasteiger charge is -2.41. The van der Waals surface area contributed by atoms with Gasteiger partial charge in [0.25, 0.3) is 11.8 Å². The van der Waals surface area contributed by atoms with Crippen molar-refractivity contribution in [2.24, 2.45) is 0 Å². The van der Waals surface area contributed by atoms with Gasteiger partial charge in [-0.05, 0) is 68.9 Å². The molecule has 4 rings (SSSR count). The fourth-order valence-electron chi connectivity index (χ4n) is 4.99. The van der Waals surface area contributed by atoms with Crippen LogP contribution in [-0.2, 0) is 6.18 Å². The average Bonchev–Trinajstić information content (AvgIpc) is 2.96. The van der Waals surface area contributed by atoms with Gasteiger partial charge in [0.05, 0.1) is 23.3 Å². The minimum absolute atomic E-state index is 0.0969. The van der Waals surface area contributed by atoms with Crippen molar-refractivity contribution in [3.05, 3.63) is 76.4 Å². The first kappa shape index (κ1) is 31.1. The summed E-state index contributed by atoms with van der Waals surface area (Å²) in [5.41, 5.74) is 1.07. The van der Waals surface area contributed by atoms with Crippen molar-refractivity contribution in [2.45, 2.75) is 26.1 Å². The molecule has 1 atom stereocenters. The number of amides is 2. The predicted octanol–water partition coefficient (Wildman–Crippen LogP) is 5.12. The Labute approximate surface area is 247 Å². The van der Waals surface area contributed by atoms with Gasteiger partial charge in [0.2, 0.25) is 5.88 Å². The van der Waals surface area contributed by atoms with Gasteiger partial charge < -0.3 is 25.2 Å². The minimum Gasteiger partial charge on any atom is -0.478 e. The van der Waals surface area contributed by atoms with Gasteiger partial charge in [-0.2, -0.15) is 13.2 Å². The molecule has 42 heavy (non-hydrogen) atoms. The molecule has 1 fully saturated rings. The number of benzene rings is 2. The molecule has 2 N–H and O–H groups in total. The average molecular weight is 604 g/mol. The van der Waals surface area contributed by atoms with Crippen LogP contribution in [0.3, 0.4) is 0 Å². The van der Waals surface area contributed by atoms with Crippen LogP contribution in [0.15, 0.2) is 54.7 Å². The van der Waals surface area contributed by atoms with E-state index in [0.29, 0.717) is 49.9 Å². The van der Waals surface area contributed by atoms with Crippen LogP contribution in [-0.4, -0.2) is 74.1 Å². The molecular formula is C30H33ClF3N5O3. The van der Waals surface area contributed by atoms with E-state index in [-0.39, 0.29) is 17.5 Å². The van der Waals surface area contributed by atoms with E-state index in [0.717, 1.165) is 23.3 Å². The Morgan fingerprint density at radius 3 is 2.57 bits per heavy atom. The van der Waals surface area contributed by atoms with Gasteiger partial charge in [-0.25, -0.2) is 4.98 Å². The van der Waals surface area contributed by atoms with Gasteiger partial charge >= 0.3 is 6.18 Å². The number of alkyl halides is 3. The van der Waals surface area contributed by atoms with E-state index in [1.54, 1.807) is 32.3 Å². The Morgan fingerprint density at radius 1 is 1.10 bits per heavy atom. The van der Waals surface area contributed by atoms with E-state index < -0.39 is 29.3 Å². The smallest absolute Gasteiger partial charge is 0.417 e. The Morgan fingerprint density at radius 2 is 1.88 bits per heavy atom. The van der Waals surface area contributed by atoms with E-state index >= 15 is 0 Å². The number of hydrogen-bond donors (Lipinski definition) is 2. The summed E-state index contributed by atoms with van der Waals surface area (Å²) in [5.74, 6) is -0.534. The van der Waals surface area contributed by atoms with Gasteiger partial charge in [-0.15, -0.1) is 0 Å². The number of anilines is 1. The van der Waals surface area contributed by atoms with Crippen molar-refractivity contribution in [1.82, 2.24) is 20.5 Å². The molecule has 224 valence electrons. The maximum absolute atomic E-state index is 13.7. The Balaban J connectivity index is 1.63. The molecule has 2 aromatic carbocycles. The number of ether oxygens (including phenoxy) is 1. The normalized spacial score (nSPS) is 15.5. The second-order valence-electron chi connectivity index (χ2n) is 9.86. The van der Waals surface area contributed by atoms with Crippen LogP contribution < -0.4 is 20.3 Å². The van der Waals surface area contributed by atoms with E-state index in [1.807, 2.05) is 30.0 Å². The number of hydrogen-bond acceptors (Lipinski definition) is 6. The molecule has 0 aliphatic carbocycles. The molecule has 3 aromatic rings. The van der Waals surface area contributed by atoms with Gasteiger partial charge in [-0.3, -0.25) is 9.59 Å². The molecule has 1 saturated heterocycles. The molecule has 0 unspecified atom stereocenters. The van der Waals surface area contributed by atoms with Crippen LogP contribution in [0.5, 0.6) is 5.88 Å². The lowest BCUT2D eigenvalue weighted by Crippen LogP contribution is -2.54. The molecule has 1 aliphatic heterocycles. The number of carbonyl (C=O) groups is 2. The maximum atomic E-state index is 13.7. The SMILES string of the molecule is CCOc1ncccc1-c1ccc(N2CCN(C(=O)c3ccc(Cl)cc3C(F)(F)F)[C@H](C)C2)c(C(=O)NCCNC)c1. The molecule has 1 aliphatic rings. The van der Waals surface area contributed by atoms with Crippen LogP contribution in [0.1, 0.15) is 40.1 Å². The number of rotatable bonds is 9. The lowest BCUT2D eigenvalue weighted by atomic mass is 10.00. The summed E-state index contributed by atoms with van der Waals surface area (Å²) < 4.78 is 46.8. The number of nitrogens with zero attached hydrogens (tertiary/aromatic N) is 3. The van der Waals surface area contributed by atoms with Crippen molar-refractivity contribution in [1.29, 1.82) is 0 Å². The molecule has 0 radical (unpaired) electrons. The maximum Gasteiger partial charge on any atom is 0.417 e. The molecule has 0 bridgehead atoms. The Bertz CT molecular complexity index is 1440. The molecule has 2 heterocycles. The van der Waals surface area contributed by atoms with Crippen molar-refractivity contribution >= 4 is 29.1 Å². The number of halogens is 4. The lowest BCUT2D eigenvalue weighted by molar-refractivity contribution is -0.138.